The highest BCUT2D eigenvalue weighted by molar-refractivity contribution is 7.99. The zero-order valence-corrected chi connectivity index (χ0v) is 9.67. The van der Waals surface area contributed by atoms with E-state index in [4.69, 9.17) is 4.74 Å². The average molecular weight is 243 g/mol. The smallest absolute Gasteiger partial charge is 0.251 e. The molecule has 0 unspecified atom stereocenters. The summed E-state index contributed by atoms with van der Waals surface area (Å²) >= 11 is 1.18. The minimum atomic E-state index is -0.225. The summed E-state index contributed by atoms with van der Waals surface area (Å²) in [5.41, 5.74) is -0.225. The highest BCUT2D eigenvalue weighted by Gasteiger charge is 2.03. The van der Waals surface area contributed by atoms with E-state index in [0.29, 0.717) is 18.3 Å². The average Bonchev–Trinajstić information content (AvgIpc) is 2.27. The number of carbonyl (C=O) groups excluding carboxylic acids is 1. The van der Waals surface area contributed by atoms with Crippen molar-refractivity contribution >= 4 is 17.7 Å². The molecule has 0 aliphatic carbocycles. The van der Waals surface area contributed by atoms with E-state index >= 15 is 0 Å². The second-order valence-electron chi connectivity index (χ2n) is 2.87. The predicted octanol–water partition coefficient (Wildman–Crippen LogP) is -0.375. The van der Waals surface area contributed by atoms with E-state index in [9.17, 15) is 9.59 Å². The van der Waals surface area contributed by atoms with Gasteiger partial charge >= 0.3 is 0 Å². The molecule has 1 aromatic rings. The first kappa shape index (κ1) is 12.7. The summed E-state index contributed by atoms with van der Waals surface area (Å²) in [6.07, 6.45) is 1.41. The predicted molar refractivity (Wildman–Crippen MR) is 60.5 cm³/mol. The van der Waals surface area contributed by atoms with Crippen molar-refractivity contribution in [2.45, 2.75) is 5.16 Å². The molecular weight excluding hydrogens is 230 g/mol. The van der Waals surface area contributed by atoms with Crippen molar-refractivity contribution in [3.63, 3.8) is 0 Å². The lowest BCUT2D eigenvalue weighted by Crippen LogP contribution is -2.28. The third-order valence-electron chi connectivity index (χ3n) is 1.62. The number of hydrogen-bond acceptors (Lipinski definition) is 5. The van der Waals surface area contributed by atoms with Crippen LogP contribution in [0.15, 0.2) is 22.2 Å². The Bertz CT molecular complexity index is 394. The number of nitrogens with zero attached hydrogens (tertiary/aromatic N) is 1. The van der Waals surface area contributed by atoms with Gasteiger partial charge in [-0.2, -0.15) is 0 Å². The lowest BCUT2D eigenvalue weighted by Gasteiger charge is -2.03. The van der Waals surface area contributed by atoms with E-state index in [1.54, 1.807) is 7.11 Å². The normalized spacial score (nSPS) is 10.1. The van der Waals surface area contributed by atoms with Gasteiger partial charge in [0.25, 0.3) is 5.56 Å². The zero-order chi connectivity index (χ0) is 11.8. The van der Waals surface area contributed by atoms with Crippen LogP contribution in [0, 0.1) is 0 Å². The van der Waals surface area contributed by atoms with Crippen LogP contribution < -0.4 is 10.9 Å². The van der Waals surface area contributed by atoms with Gasteiger partial charge in [-0.3, -0.25) is 9.59 Å². The fraction of sp³-hybridized carbons (Fsp3) is 0.444. The fourth-order valence-electron chi connectivity index (χ4n) is 0.903. The SMILES string of the molecule is COCCNC(=O)CSc1nccc(=O)[nH]1. The second kappa shape index (κ2) is 7.02. The number of amides is 1. The molecule has 88 valence electrons. The number of aromatic nitrogens is 2. The number of rotatable bonds is 6. The molecule has 0 saturated carbocycles. The highest BCUT2D eigenvalue weighted by atomic mass is 32.2. The van der Waals surface area contributed by atoms with Crippen molar-refractivity contribution < 1.29 is 9.53 Å². The van der Waals surface area contributed by atoms with Gasteiger partial charge in [0.15, 0.2) is 5.16 Å². The van der Waals surface area contributed by atoms with Crippen molar-refractivity contribution in [1.29, 1.82) is 0 Å². The van der Waals surface area contributed by atoms with Crippen LogP contribution in [0.25, 0.3) is 0 Å². The molecule has 0 radical (unpaired) electrons. The molecule has 2 N–H and O–H groups in total. The van der Waals surface area contributed by atoms with E-state index in [-0.39, 0.29) is 17.2 Å². The first-order chi connectivity index (χ1) is 7.72. The number of H-pyrrole nitrogens is 1. The van der Waals surface area contributed by atoms with Crippen molar-refractivity contribution in [3.05, 3.63) is 22.6 Å². The van der Waals surface area contributed by atoms with Gasteiger partial charge < -0.3 is 15.0 Å². The van der Waals surface area contributed by atoms with Gasteiger partial charge in [0.2, 0.25) is 5.91 Å². The van der Waals surface area contributed by atoms with Gasteiger partial charge in [0.05, 0.1) is 12.4 Å². The Morgan fingerprint density at radius 1 is 1.69 bits per heavy atom. The standard InChI is InChI=1S/C9H13N3O3S/c1-15-5-4-10-8(14)6-16-9-11-3-2-7(13)12-9/h2-3H,4-6H2,1H3,(H,10,14)(H,11,12,13). The van der Waals surface area contributed by atoms with Gasteiger partial charge in [-0.1, -0.05) is 11.8 Å². The van der Waals surface area contributed by atoms with E-state index in [1.165, 1.54) is 24.0 Å². The maximum atomic E-state index is 11.3. The van der Waals surface area contributed by atoms with E-state index in [1.807, 2.05) is 0 Å². The first-order valence-corrected chi connectivity index (χ1v) is 5.64. The van der Waals surface area contributed by atoms with E-state index < -0.39 is 0 Å². The van der Waals surface area contributed by atoms with Crippen LogP contribution in [0.3, 0.4) is 0 Å². The number of thioether (sulfide) groups is 1. The molecule has 0 aromatic carbocycles. The summed E-state index contributed by atoms with van der Waals surface area (Å²) in [6.45, 7) is 0.964. The number of ether oxygens (including phenoxy) is 1. The Hall–Kier alpha value is -1.34. The molecule has 0 aliphatic heterocycles. The van der Waals surface area contributed by atoms with Gasteiger partial charge in [-0.05, 0) is 0 Å². The molecule has 0 atom stereocenters. The van der Waals surface area contributed by atoms with Crippen LogP contribution in [0.4, 0.5) is 0 Å². The van der Waals surface area contributed by atoms with Gasteiger partial charge in [0, 0.05) is 25.9 Å². The molecule has 1 aromatic heterocycles. The quantitative estimate of drug-likeness (QED) is 0.404. The summed E-state index contributed by atoms with van der Waals surface area (Å²) in [6, 6.07) is 1.32. The highest BCUT2D eigenvalue weighted by Crippen LogP contribution is 2.08. The minimum absolute atomic E-state index is 0.117. The van der Waals surface area contributed by atoms with Crippen LogP contribution in [0.1, 0.15) is 0 Å². The molecule has 1 rings (SSSR count). The zero-order valence-electron chi connectivity index (χ0n) is 8.86. The topological polar surface area (TPSA) is 84.1 Å². The molecule has 0 aliphatic rings. The monoisotopic (exact) mass is 243 g/mol. The Morgan fingerprint density at radius 3 is 3.19 bits per heavy atom. The molecule has 1 heterocycles. The Kier molecular flexibility index (Phi) is 5.58. The van der Waals surface area contributed by atoms with Crippen LogP contribution >= 0.6 is 11.8 Å². The summed E-state index contributed by atoms with van der Waals surface area (Å²) in [4.78, 5) is 28.6. The molecule has 0 saturated heterocycles. The summed E-state index contributed by atoms with van der Waals surface area (Å²) in [5, 5.41) is 3.10. The number of aromatic amines is 1. The van der Waals surface area contributed by atoms with E-state index in [2.05, 4.69) is 15.3 Å². The molecule has 0 spiro atoms. The summed E-state index contributed by atoms with van der Waals surface area (Å²) < 4.78 is 4.79. The van der Waals surface area contributed by atoms with Crippen molar-refractivity contribution in [3.8, 4) is 0 Å². The second-order valence-corrected chi connectivity index (χ2v) is 3.83. The first-order valence-electron chi connectivity index (χ1n) is 4.66. The molecule has 7 heteroatoms. The van der Waals surface area contributed by atoms with Gasteiger partial charge in [-0.25, -0.2) is 4.98 Å². The third kappa shape index (κ3) is 4.94. The number of methoxy groups -OCH3 is 1. The molecular formula is C9H13N3O3S. The Morgan fingerprint density at radius 2 is 2.50 bits per heavy atom. The lowest BCUT2D eigenvalue weighted by molar-refractivity contribution is -0.118. The molecule has 6 nitrogen and oxygen atoms in total. The van der Waals surface area contributed by atoms with Crippen LogP contribution in [-0.4, -0.2) is 41.9 Å². The maximum absolute atomic E-state index is 11.3. The van der Waals surface area contributed by atoms with Crippen LogP contribution in [-0.2, 0) is 9.53 Å². The number of nitrogens with one attached hydrogen (secondary N) is 2. The van der Waals surface area contributed by atoms with Crippen molar-refractivity contribution in [2.75, 3.05) is 26.0 Å². The lowest BCUT2D eigenvalue weighted by atomic mass is 10.6. The largest absolute Gasteiger partial charge is 0.383 e. The Labute approximate surface area is 96.8 Å². The summed E-state index contributed by atoms with van der Waals surface area (Å²) in [7, 11) is 1.57. The fourth-order valence-corrected chi connectivity index (χ4v) is 1.58. The molecule has 1 amide bonds. The molecule has 16 heavy (non-hydrogen) atoms. The van der Waals surface area contributed by atoms with Gasteiger partial charge in [0.1, 0.15) is 0 Å². The van der Waals surface area contributed by atoms with Crippen molar-refractivity contribution in [1.82, 2.24) is 15.3 Å². The number of carbonyl (C=O) groups is 1. The van der Waals surface area contributed by atoms with E-state index in [0.717, 1.165) is 0 Å². The minimum Gasteiger partial charge on any atom is -0.383 e. The summed E-state index contributed by atoms with van der Waals surface area (Å²) in [5.74, 6) is 0.102. The number of hydrogen-bond donors (Lipinski definition) is 2. The van der Waals surface area contributed by atoms with Crippen LogP contribution in [0.2, 0.25) is 0 Å². The van der Waals surface area contributed by atoms with Crippen LogP contribution in [0.5, 0.6) is 0 Å². The Balaban J connectivity index is 2.29. The van der Waals surface area contributed by atoms with Crippen molar-refractivity contribution in [2.24, 2.45) is 0 Å². The van der Waals surface area contributed by atoms with Gasteiger partial charge in [-0.15, -0.1) is 0 Å². The molecule has 0 bridgehead atoms. The third-order valence-corrected chi connectivity index (χ3v) is 2.50. The maximum Gasteiger partial charge on any atom is 0.251 e. The molecule has 0 fully saturated rings.